The minimum absolute atomic E-state index is 0.452. The maximum atomic E-state index is 5.72. The first-order valence-electron chi connectivity index (χ1n) is 7.86. The van der Waals surface area contributed by atoms with Gasteiger partial charge in [0.25, 0.3) is 0 Å². The van der Waals surface area contributed by atoms with Crippen molar-refractivity contribution in [3.8, 4) is 0 Å². The van der Waals surface area contributed by atoms with Crippen molar-refractivity contribution in [1.82, 2.24) is 0 Å². The maximum absolute atomic E-state index is 5.72. The van der Waals surface area contributed by atoms with E-state index in [2.05, 4.69) is 68.4 Å². The smallest absolute Gasteiger partial charge is 0.0349 e. The van der Waals surface area contributed by atoms with Crippen molar-refractivity contribution >= 4 is 15.8 Å². The molecule has 0 saturated carbocycles. The highest BCUT2D eigenvalue weighted by Crippen LogP contribution is 2.46. The molecule has 2 aromatic rings. The largest absolute Gasteiger partial charge is 0.326 e. The van der Waals surface area contributed by atoms with Crippen LogP contribution in [0.15, 0.2) is 70.9 Å². The Morgan fingerprint density at radius 3 is 2.18 bits per heavy atom. The standard InChI is InChI=1S/C20H23NSi/c1-13-18(16-6-4-3-5-7-16)14(2)20(22)19(13)17-10-8-15(12-21)9-11-17/h3-11,19H,12,21H2,1-2,22H3. The van der Waals surface area contributed by atoms with Gasteiger partial charge in [-0.25, -0.2) is 0 Å². The van der Waals surface area contributed by atoms with E-state index in [0.717, 1.165) is 10.2 Å². The highest BCUT2D eigenvalue weighted by Gasteiger charge is 2.28. The van der Waals surface area contributed by atoms with E-state index in [0.29, 0.717) is 12.5 Å². The van der Waals surface area contributed by atoms with E-state index >= 15 is 0 Å². The molecule has 1 aliphatic rings. The van der Waals surface area contributed by atoms with Gasteiger partial charge in [-0.1, -0.05) is 65.4 Å². The van der Waals surface area contributed by atoms with Crippen LogP contribution in [0.3, 0.4) is 0 Å². The highest BCUT2D eigenvalue weighted by molar-refractivity contribution is 6.26. The van der Waals surface area contributed by atoms with Gasteiger partial charge in [0, 0.05) is 22.7 Å². The van der Waals surface area contributed by atoms with Crippen LogP contribution >= 0.6 is 0 Å². The van der Waals surface area contributed by atoms with Gasteiger partial charge in [-0.05, 0) is 41.7 Å². The van der Waals surface area contributed by atoms with E-state index < -0.39 is 0 Å². The topological polar surface area (TPSA) is 26.0 Å². The first-order chi connectivity index (χ1) is 10.6. The Bertz CT molecular complexity index is 739. The Morgan fingerprint density at radius 1 is 0.955 bits per heavy atom. The summed E-state index contributed by atoms with van der Waals surface area (Å²) < 4.78 is 0. The number of rotatable bonds is 3. The van der Waals surface area contributed by atoms with Crippen LogP contribution in [-0.2, 0) is 6.54 Å². The fraction of sp³-hybridized carbons (Fsp3) is 0.200. The molecular weight excluding hydrogens is 282 g/mol. The second-order valence-electron chi connectivity index (χ2n) is 6.11. The van der Waals surface area contributed by atoms with Gasteiger partial charge in [0.2, 0.25) is 0 Å². The molecule has 0 fully saturated rings. The van der Waals surface area contributed by atoms with Crippen LogP contribution in [0.5, 0.6) is 0 Å². The van der Waals surface area contributed by atoms with Crippen LogP contribution < -0.4 is 5.73 Å². The molecule has 0 aromatic heterocycles. The molecule has 0 radical (unpaired) electrons. The molecule has 22 heavy (non-hydrogen) atoms. The van der Waals surface area contributed by atoms with Gasteiger partial charge in [0.15, 0.2) is 0 Å². The van der Waals surface area contributed by atoms with E-state index in [1.807, 2.05) is 0 Å². The molecule has 1 aliphatic carbocycles. The summed E-state index contributed by atoms with van der Waals surface area (Å²) in [7, 11) is 1.09. The Hall–Kier alpha value is -1.90. The summed E-state index contributed by atoms with van der Waals surface area (Å²) in [6.45, 7) is 5.18. The zero-order valence-electron chi connectivity index (χ0n) is 13.6. The first-order valence-corrected chi connectivity index (χ1v) is 8.86. The molecule has 3 rings (SSSR count). The van der Waals surface area contributed by atoms with Crippen molar-refractivity contribution < 1.29 is 0 Å². The van der Waals surface area contributed by atoms with Gasteiger partial charge in [-0.2, -0.15) is 0 Å². The third-order valence-electron chi connectivity index (χ3n) is 4.84. The lowest BCUT2D eigenvalue weighted by atomic mass is 9.91. The van der Waals surface area contributed by atoms with E-state index in [1.165, 1.54) is 33.4 Å². The predicted molar refractivity (Wildman–Crippen MR) is 98.7 cm³/mol. The van der Waals surface area contributed by atoms with Crippen LogP contribution in [-0.4, -0.2) is 10.2 Å². The lowest BCUT2D eigenvalue weighted by Crippen LogP contribution is -2.03. The maximum Gasteiger partial charge on any atom is 0.0349 e. The van der Waals surface area contributed by atoms with Crippen molar-refractivity contribution in [2.24, 2.45) is 5.73 Å². The molecule has 1 atom stereocenters. The summed E-state index contributed by atoms with van der Waals surface area (Å²) in [5.41, 5.74) is 14.0. The monoisotopic (exact) mass is 305 g/mol. The van der Waals surface area contributed by atoms with Crippen LogP contribution in [0.4, 0.5) is 0 Å². The predicted octanol–water partition coefficient (Wildman–Crippen LogP) is 3.36. The van der Waals surface area contributed by atoms with Gasteiger partial charge in [0.1, 0.15) is 0 Å². The van der Waals surface area contributed by atoms with Gasteiger partial charge < -0.3 is 5.73 Å². The van der Waals surface area contributed by atoms with Crippen molar-refractivity contribution in [3.63, 3.8) is 0 Å². The number of hydrogen-bond donors (Lipinski definition) is 1. The molecule has 2 N–H and O–H groups in total. The Labute approximate surface area is 136 Å². The van der Waals surface area contributed by atoms with E-state index in [1.54, 1.807) is 5.20 Å². The molecule has 0 amide bonds. The number of hydrogen-bond acceptors (Lipinski definition) is 1. The SMILES string of the molecule is CC1=C([SiH3])C(c2ccc(CN)cc2)C(C)=C1c1ccccc1. The first kappa shape index (κ1) is 15.0. The van der Waals surface area contributed by atoms with E-state index in [-0.39, 0.29) is 0 Å². The summed E-state index contributed by atoms with van der Waals surface area (Å²) in [6.07, 6.45) is 0. The van der Waals surface area contributed by atoms with Crippen LogP contribution in [0.2, 0.25) is 0 Å². The molecule has 112 valence electrons. The molecule has 0 saturated heterocycles. The van der Waals surface area contributed by atoms with E-state index in [9.17, 15) is 0 Å². The molecule has 1 unspecified atom stereocenters. The number of nitrogens with two attached hydrogens (primary N) is 1. The normalized spacial score (nSPS) is 18.4. The van der Waals surface area contributed by atoms with Gasteiger partial charge in [0.05, 0.1) is 0 Å². The summed E-state index contributed by atoms with van der Waals surface area (Å²) in [6, 6.07) is 19.6. The molecule has 0 spiro atoms. The zero-order chi connectivity index (χ0) is 15.7. The molecule has 0 heterocycles. The zero-order valence-corrected chi connectivity index (χ0v) is 15.6. The van der Waals surface area contributed by atoms with Gasteiger partial charge in [-0.15, -0.1) is 0 Å². The minimum Gasteiger partial charge on any atom is -0.326 e. The molecule has 2 aromatic carbocycles. The Kier molecular flexibility index (Phi) is 4.14. The Morgan fingerprint density at radius 2 is 1.59 bits per heavy atom. The number of allylic oxidation sites excluding steroid dienone is 4. The molecule has 2 heteroatoms. The molecular formula is C20H23NSi. The highest BCUT2D eigenvalue weighted by atomic mass is 28.1. The van der Waals surface area contributed by atoms with Crippen molar-refractivity contribution in [2.45, 2.75) is 26.3 Å². The van der Waals surface area contributed by atoms with E-state index in [4.69, 9.17) is 5.73 Å². The third-order valence-corrected chi connectivity index (χ3v) is 6.17. The summed E-state index contributed by atoms with van der Waals surface area (Å²) in [5.74, 6) is 0.452. The number of benzene rings is 2. The van der Waals surface area contributed by atoms with Crippen molar-refractivity contribution in [2.75, 3.05) is 0 Å². The van der Waals surface area contributed by atoms with Gasteiger partial charge in [-0.3, -0.25) is 0 Å². The summed E-state index contributed by atoms with van der Waals surface area (Å²) in [5, 5.41) is 1.59. The van der Waals surface area contributed by atoms with Gasteiger partial charge >= 0.3 is 0 Å². The molecule has 0 aliphatic heterocycles. The molecule has 0 bridgehead atoms. The third kappa shape index (κ3) is 2.49. The average Bonchev–Trinajstić information content (AvgIpc) is 2.78. The average molecular weight is 305 g/mol. The van der Waals surface area contributed by atoms with Crippen LogP contribution in [0.1, 0.15) is 36.5 Å². The summed E-state index contributed by atoms with van der Waals surface area (Å²) in [4.78, 5) is 0. The second-order valence-corrected chi connectivity index (χ2v) is 7.19. The van der Waals surface area contributed by atoms with Crippen LogP contribution in [0, 0.1) is 0 Å². The van der Waals surface area contributed by atoms with Crippen LogP contribution in [0.25, 0.3) is 5.57 Å². The van der Waals surface area contributed by atoms with Crippen molar-refractivity contribution in [1.29, 1.82) is 0 Å². The molecule has 1 nitrogen and oxygen atoms in total. The van der Waals surface area contributed by atoms with Crippen molar-refractivity contribution in [3.05, 3.63) is 87.6 Å². The second kappa shape index (κ2) is 6.07. The quantitative estimate of drug-likeness (QED) is 0.865. The minimum atomic E-state index is 0.452. The Balaban J connectivity index is 2.07. The fourth-order valence-electron chi connectivity index (χ4n) is 3.57. The summed E-state index contributed by atoms with van der Waals surface area (Å²) >= 11 is 0. The fourth-order valence-corrected chi connectivity index (χ4v) is 4.59. The lowest BCUT2D eigenvalue weighted by molar-refractivity contribution is 0.984. The lowest BCUT2D eigenvalue weighted by Gasteiger charge is -2.16.